The summed E-state index contributed by atoms with van der Waals surface area (Å²) in [5, 5.41) is 6.50. The molecule has 0 bridgehead atoms. The predicted octanol–water partition coefficient (Wildman–Crippen LogP) is 11.2. The maximum atomic E-state index is 4.11. The lowest BCUT2D eigenvalue weighted by molar-refractivity contribution is 0.642. The number of aryl methyl sites for hydroxylation is 1. The van der Waals surface area contributed by atoms with E-state index in [0.717, 1.165) is 22.9 Å². The summed E-state index contributed by atoms with van der Waals surface area (Å²) in [6.07, 6.45) is 15.9. The third-order valence-corrected chi connectivity index (χ3v) is 11.4. The zero-order valence-corrected chi connectivity index (χ0v) is 29.4. The molecule has 0 saturated carbocycles. The van der Waals surface area contributed by atoms with Crippen LogP contribution < -0.4 is 15.3 Å². The molecule has 0 fully saturated rings. The fourth-order valence-corrected chi connectivity index (χ4v) is 9.08. The molecule has 2 aliphatic carbocycles. The minimum Gasteiger partial charge on any atom is -0.333 e. The molecule has 0 aliphatic heterocycles. The first-order valence-corrected chi connectivity index (χ1v) is 18.0. The van der Waals surface area contributed by atoms with E-state index >= 15 is 0 Å². The van der Waals surface area contributed by atoms with Gasteiger partial charge < -0.3 is 9.47 Å². The van der Waals surface area contributed by atoms with E-state index in [0.29, 0.717) is 5.92 Å². The summed E-state index contributed by atoms with van der Waals surface area (Å²) < 4.78 is 4.97. The largest absolute Gasteiger partial charge is 0.333 e. The van der Waals surface area contributed by atoms with Gasteiger partial charge >= 0.3 is 0 Å². The number of aromatic nitrogens is 1. The topological polar surface area (TPSA) is 8.17 Å². The third kappa shape index (κ3) is 5.15. The van der Waals surface area contributed by atoms with Crippen LogP contribution in [-0.4, -0.2) is 4.57 Å². The number of benzene rings is 4. The molecule has 0 spiro atoms. The maximum absolute atomic E-state index is 4.11. The average molecular weight is 694 g/mol. The van der Waals surface area contributed by atoms with Crippen LogP contribution in [-0.2, 0) is 0 Å². The van der Waals surface area contributed by atoms with Crippen molar-refractivity contribution in [1.82, 2.24) is 4.57 Å². The van der Waals surface area contributed by atoms with Crippen LogP contribution in [0.15, 0.2) is 132 Å². The molecule has 8 rings (SSSR count). The second kappa shape index (κ2) is 12.0. The van der Waals surface area contributed by atoms with Gasteiger partial charge in [0.15, 0.2) is 0 Å². The quantitative estimate of drug-likeness (QED) is 0.158. The minimum absolute atomic E-state index is 0.215. The number of allylic oxidation sites excluding steroid dienone is 5. The molecule has 4 heteroatoms. The summed E-state index contributed by atoms with van der Waals surface area (Å²) in [7, 11) is 0. The van der Waals surface area contributed by atoms with E-state index in [4.69, 9.17) is 0 Å². The molecule has 2 unspecified atom stereocenters. The van der Waals surface area contributed by atoms with Crippen molar-refractivity contribution >= 4 is 82.7 Å². The first-order valence-electron chi connectivity index (χ1n) is 16.4. The number of nitrogens with zero attached hydrogens (tertiary/aromatic N) is 2. The molecule has 0 saturated heterocycles. The molecule has 2 nitrogen and oxygen atoms in total. The molecule has 47 heavy (non-hydrogen) atoms. The molecule has 2 aliphatic rings. The van der Waals surface area contributed by atoms with Crippen LogP contribution in [0.2, 0.25) is 0 Å². The van der Waals surface area contributed by atoms with Gasteiger partial charge in [0, 0.05) is 63.9 Å². The van der Waals surface area contributed by atoms with E-state index in [2.05, 4.69) is 174 Å². The predicted molar refractivity (Wildman–Crippen MR) is 208 cm³/mol. The number of para-hydroxylation sites is 1. The number of fused-ring (bicyclic) bond motifs is 5. The first kappa shape index (κ1) is 30.0. The standard InChI is InChI=1S/C43H37BrN2S/c1-27(2)16-24-34-29(4)47-41-25-23-33(26-37(34)41)45(43-28(3)17-18-30-10-5-6-11-35(30)43)31-19-21-32(22-20-31)46-39-14-8-7-12-36(39)42-38(44)13-9-15-40(42)46/h5-16,18-21,23-26,28,32H,1,17,22H2,2-4H3/b24-16-. The van der Waals surface area contributed by atoms with E-state index < -0.39 is 0 Å². The zero-order chi connectivity index (χ0) is 32.2. The normalized spacial score (nSPS) is 17.8. The van der Waals surface area contributed by atoms with Gasteiger partial charge in [-0.1, -0.05) is 114 Å². The molecular formula is C43H37BrN2S. The Bertz CT molecular complexity index is 2450. The molecule has 2 heterocycles. The second-order valence-electron chi connectivity index (χ2n) is 12.9. The van der Waals surface area contributed by atoms with E-state index in [1.807, 2.05) is 11.3 Å². The van der Waals surface area contributed by atoms with Crippen LogP contribution in [0, 0.1) is 12.8 Å². The highest BCUT2D eigenvalue weighted by Crippen LogP contribution is 2.42. The van der Waals surface area contributed by atoms with Gasteiger partial charge in [0.1, 0.15) is 0 Å². The van der Waals surface area contributed by atoms with Crippen molar-refractivity contribution in [2.24, 2.45) is 5.92 Å². The van der Waals surface area contributed by atoms with Gasteiger partial charge in [-0.15, -0.1) is 11.3 Å². The summed E-state index contributed by atoms with van der Waals surface area (Å²) in [5.74, 6) is 0.370. The third-order valence-electron chi connectivity index (χ3n) is 9.66. The Morgan fingerprint density at radius 1 is 0.936 bits per heavy atom. The monoisotopic (exact) mass is 692 g/mol. The number of hydrogen-bond donors (Lipinski definition) is 0. The highest BCUT2D eigenvalue weighted by atomic mass is 79.9. The van der Waals surface area contributed by atoms with Crippen molar-refractivity contribution < 1.29 is 0 Å². The molecule has 2 atom stereocenters. The Morgan fingerprint density at radius 2 is 1.74 bits per heavy atom. The maximum Gasteiger partial charge on any atom is 0.0561 e. The van der Waals surface area contributed by atoms with Crippen molar-refractivity contribution in [3.63, 3.8) is 0 Å². The molecule has 6 aromatic rings. The van der Waals surface area contributed by atoms with Crippen molar-refractivity contribution in [2.45, 2.75) is 39.7 Å². The Balaban J connectivity index is 1.29. The molecular weight excluding hydrogens is 656 g/mol. The van der Waals surface area contributed by atoms with E-state index in [1.165, 1.54) is 69.9 Å². The lowest BCUT2D eigenvalue weighted by Crippen LogP contribution is -2.39. The Hall–Kier alpha value is -4.38. The zero-order valence-electron chi connectivity index (χ0n) is 27.0. The van der Waals surface area contributed by atoms with Crippen LogP contribution in [0.25, 0.3) is 49.7 Å². The van der Waals surface area contributed by atoms with Crippen LogP contribution in [0.5, 0.6) is 0 Å². The van der Waals surface area contributed by atoms with Gasteiger partial charge in [0.05, 0.1) is 11.6 Å². The van der Waals surface area contributed by atoms with Gasteiger partial charge in [-0.05, 0) is 79.9 Å². The summed E-state index contributed by atoms with van der Waals surface area (Å²) in [6, 6.07) is 31.5. The summed E-state index contributed by atoms with van der Waals surface area (Å²) >= 11 is 5.72. The summed E-state index contributed by atoms with van der Waals surface area (Å²) in [6.45, 7) is 10.8. The number of rotatable bonds is 6. The molecule has 0 N–H and O–H groups in total. The second-order valence-corrected chi connectivity index (χ2v) is 15.0. The lowest BCUT2D eigenvalue weighted by Gasteiger charge is -2.35. The average Bonchev–Trinajstić information content (AvgIpc) is 3.59. The Morgan fingerprint density at radius 3 is 2.57 bits per heavy atom. The van der Waals surface area contributed by atoms with E-state index in [9.17, 15) is 0 Å². The first-order chi connectivity index (χ1) is 22.9. The number of halogens is 1. The Labute approximate surface area is 288 Å². The van der Waals surface area contributed by atoms with Gasteiger partial charge in [0.2, 0.25) is 0 Å². The number of hydrogen-bond acceptors (Lipinski definition) is 2. The molecule has 232 valence electrons. The summed E-state index contributed by atoms with van der Waals surface area (Å²) in [4.78, 5) is 3.88. The van der Waals surface area contributed by atoms with E-state index in [1.54, 1.807) is 0 Å². The van der Waals surface area contributed by atoms with Crippen molar-refractivity contribution in [2.75, 3.05) is 4.90 Å². The molecule has 4 aromatic carbocycles. The van der Waals surface area contributed by atoms with Crippen molar-refractivity contribution in [1.29, 1.82) is 0 Å². The lowest BCUT2D eigenvalue weighted by atomic mass is 9.92. The fraction of sp³-hybridized carbons (Fsp3) is 0.163. The van der Waals surface area contributed by atoms with Gasteiger partial charge in [0.25, 0.3) is 0 Å². The Kier molecular flexibility index (Phi) is 7.66. The van der Waals surface area contributed by atoms with E-state index in [-0.39, 0.29) is 6.04 Å². The van der Waals surface area contributed by atoms with Gasteiger partial charge in [-0.2, -0.15) is 0 Å². The van der Waals surface area contributed by atoms with Crippen molar-refractivity contribution in [3.05, 3.63) is 152 Å². The van der Waals surface area contributed by atoms with Crippen LogP contribution >= 0.6 is 27.3 Å². The molecule has 0 radical (unpaired) electrons. The highest BCUT2D eigenvalue weighted by Gasteiger charge is 2.26. The van der Waals surface area contributed by atoms with Crippen LogP contribution in [0.4, 0.5) is 5.69 Å². The number of thiophene rings is 1. The van der Waals surface area contributed by atoms with Crippen molar-refractivity contribution in [3.8, 4) is 0 Å². The SMILES string of the molecule is C=C(C)/C=C\c1c(C)sc2ccc(N(C3=CCC(n4c5ccccc5c5c(Br)cccc54)C=C3)C3=c4ccccc4=CCC3C)cc12. The molecule has 2 aromatic heterocycles. The summed E-state index contributed by atoms with van der Waals surface area (Å²) in [5.41, 5.74) is 8.67. The number of anilines is 1. The fourth-order valence-electron chi connectivity index (χ4n) is 7.47. The highest BCUT2D eigenvalue weighted by molar-refractivity contribution is 9.10. The van der Waals surface area contributed by atoms with Crippen LogP contribution in [0.1, 0.15) is 43.2 Å². The smallest absolute Gasteiger partial charge is 0.0561 e. The minimum atomic E-state index is 0.215. The van der Waals surface area contributed by atoms with Gasteiger partial charge in [-0.25, -0.2) is 0 Å². The van der Waals surface area contributed by atoms with Crippen LogP contribution in [0.3, 0.4) is 0 Å². The van der Waals surface area contributed by atoms with Gasteiger partial charge in [-0.3, -0.25) is 0 Å². The molecule has 0 amide bonds.